The molecule has 1 aromatic heterocycles. The minimum absolute atomic E-state index is 0.312. The van der Waals surface area contributed by atoms with E-state index in [9.17, 15) is 8.78 Å². The van der Waals surface area contributed by atoms with Crippen molar-refractivity contribution < 1.29 is 8.78 Å². The van der Waals surface area contributed by atoms with E-state index in [0.29, 0.717) is 17.3 Å². The third-order valence-electron chi connectivity index (χ3n) is 1.60. The van der Waals surface area contributed by atoms with Crippen LogP contribution in [-0.2, 0) is 6.42 Å². The second kappa shape index (κ2) is 6.44. The molecule has 0 aliphatic rings. The number of hydrogen-bond donors (Lipinski definition) is 0. The van der Waals surface area contributed by atoms with Crippen LogP contribution in [0.5, 0.6) is 0 Å². The van der Waals surface area contributed by atoms with E-state index >= 15 is 0 Å². The molecule has 0 amide bonds. The third-order valence-corrected chi connectivity index (χ3v) is 2.47. The minimum atomic E-state index is -1.64. The maximum absolute atomic E-state index is 11.7. The first-order valence-electron chi connectivity index (χ1n) is 4.55. The Morgan fingerprint density at radius 2 is 2.33 bits per heavy atom. The average Bonchev–Trinajstić information content (AvgIpc) is 2.24. The van der Waals surface area contributed by atoms with Gasteiger partial charge in [-0.2, -0.15) is 13.9 Å². The van der Waals surface area contributed by atoms with Crippen molar-refractivity contribution in [1.29, 1.82) is 0 Å². The molecule has 82 valence electrons. The Bertz CT molecular complexity index is 340. The smallest absolute Gasteiger partial charge is 0.225 e. The van der Waals surface area contributed by atoms with Crippen LogP contribution in [0.25, 0.3) is 0 Å². The molecule has 0 N–H and O–H groups in total. The Morgan fingerprint density at radius 1 is 1.53 bits per heavy atom. The van der Waals surface area contributed by atoms with Crippen LogP contribution in [0, 0.1) is 0 Å². The van der Waals surface area contributed by atoms with Crippen LogP contribution in [0.3, 0.4) is 0 Å². The SMILES string of the molecule is CCc1cnnc(SCCC=C(F)F)n1. The van der Waals surface area contributed by atoms with E-state index in [1.165, 1.54) is 11.8 Å². The largest absolute Gasteiger partial charge is 0.266 e. The van der Waals surface area contributed by atoms with Gasteiger partial charge in [0, 0.05) is 5.75 Å². The minimum Gasteiger partial charge on any atom is -0.225 e. The van der Waals surface area contributed by atoms with Gasteiger partial charge in [0.25, 0.3) is 6.08 Å². The molecule has 0 aliphatic carbocycles. The Morgan fingerprint density at radius 3 is 3.00 bits per heavy atom. The molecule has 0 saturated heterocycles. The molecule has 15 heavy (non-hydrogen) atoms. The summed E-state index contributed by atoms with van der Waals surface area (Å²) in [7, 11) is 0. The summed E-state index contributed by atoms with van der Waals surface area (Å²) < 4.78 is 23.4. The van der Waals surface area contributed by atoms with E-state index in [4.69, 9.17) is 0 Å². The van der Waals surface area contributed by atoms with Crippen molar-refractivity contribution in [3.8, 4) is 0 Å². The third kappa shape index (κ3) is 4.83. The van der Waals surface area contributed by atoms with Crippen LogP contribution in [0.2, 0.25) is 0 Å². The Labute approximate surface area is 91.0 Å². The number of aryl methyl sites for hydroxylation is 1. The predicted molar refractivity (Wildman–Crippen MR) is 54.8 cm³/mol. The van der Waals surface area contributed by atoms with Crippen LogP contribution in [-0.4, -0.2) is 20.9 Å². The molecular formula is C9H11F2N3S. The second-order valence-electron chi connectivity index (χ2n) is 2.71. The van der Waals surface area contributed by atoms with Crippen molar-refractivity contribution >= 4 is 11.8 Å². The lowest BCUT2D eigenvalue weighted by Crippen LogP contribution is -1.95. The van der Waals surface area contributed by atoms with E-state index in [2.05, 4.69) is 15.2 Å². The highest BCUT2D eigenvalue weighted by atomic mass is 32.2. The molecule has 1 heterocycles. The van der Waals surface area contributed by atoms with Gasteiger partial charge in [-0.3, -0.25) is 0 Å². The molecular weight excluding hydrogens is 220 g/mol. The quantitative estimate of drug-likeness (QED) is 0.577. The molecule has 0 bridgehead atoms. The number of halogens is 2. The predicted octanol–water partition coefficient (Wildman–Crippen LogP) is 2.70. The highest BCUT2D eigenvalue weighted by Gasteiger charge is 1.99. The molecule has 0 aromatic carbocycles. The molecule has 1 rings (SSSR count). The zero-order valence-electron chi connectivity index (χ0n) is 8.28. The highest BCUT2D eigenvalue weighted by Crippen LogP contribution is 2.14. The number of allylic oxidation sites excluding steroid dienone is 1. The highest BCUT2D eigenvalue weighted by molar-refractivity contribution is 7.99. The van der Waals surface area contributed by atoms with Crippen molar-refractivity contribution in [3.63, 3.8) is 0 Å². The maximum atomic E-state index is 11.7. The van der Waals surface area contributed by atoms with Gasteiger partial charge in [-0.25, -0.2) is 4.98 Å². The number of rotatable bonds is 5. The number of aromatic nitrogens is 3. The molecule has 1 aromatic rings. The normalized spacial score (nSPS) is 10.1. The van der Waals surface area contributed by atoms with Gasteiger partial charge in [0.15, 0.2) is 0 Å². The lowest BCUT2D eigenvalue weighted by atomic mass is 10.4. The van der Waals surface area contributed by atoms with Gasteiger partial charge < -0.3 is 0 Å². The summed E-state index contributed by atoms with van der Waals surface area (Å²) in [4.78, 5) is 4.19. The van der Waals surface area contributed by atoms with Crippen LogP contribution in [0.1, 0.15) is 19.0 Å². The van der Waals surface area contributed by atoms with Gasteiger partial charge in [-0.05, 0) is 18.9 Å². The molecule has 0 unspecified atom stereocenters. The fraction of sp³-hybridized carbons (Fsp3) is 0.444. The molecule has 0 aliphatic heterocycles. The maximum Gasteiger partial charge on any atom is 0.266 e. The van der Waals surface area contributed by atoms with Gasteiger partial charge in [0.1, 0.15) is 0 Å². The summed E-state index contributed by atoms with van der Waals surface area (Å²) in [6.45, 7) is 1.97. The molecule has 0 saturated carbocycles. The summed E-state index contributed by atoms with van der Waals surface area (Å²) in [5.74, 6) is 0.534. The van der Waals surface area contributed by atoms with E-state index < -0.39 is 6.08 Å². The molecule has 0 atom stereocenters. The Kier molecular flexibility index (Phi) is 5.17. The van der Waals surface area contributed by atoms with Crippen LogP contribution < -0.4 is 0 Å². The van der Waals surface area contributed by atoms with Crippen molar-refractivity contribution in [2.24, 2.45) is 0 Å². The zero-order chi connectivity index (χ0) is 11.1. The molecule has 0 radical (unpaired) electrons. The van der Waals surface area contributed by atoms with Crippen molar-refractivity contribution in [2.45, 2.75) is 24.9 Å². The first-order chi connectivity index (χ1) is 7.22. The zero-order valence-corrected chi connectivity index (χ0v) is 9.10. The van der Waals surface area contributed by atoms with Crippen LogP contribution in [0.15, 0.2) is 23.5 Å². The lowest BCUT2D eigenvalue weighted by molar-refractivity contribution is 0.418. The second-order valence-corrected chi connectivity index (χ2v) is 3.78. The summed E-state index contributed by atoms with van der Waals surface area (Å²) in [6, 6.07) is 0. The standard InChI is InChI=1S/C9H11F2N3S/c1-2-7-6-12-14-9(13-7)15-5-3-4-8(10)11/h4,6H,2-3,5H2,1H3. The molecule has 6 heteroatoms. The van der Waals surface area contributed by atoms with E-state index in [1.54, 1.807) is 6.20 Å². The molecule has 3 nitrogen and oxygen atoms in total. The van der Waals surface area contributed by atoms with Gasteiger partial charge in [-0.1, -0.05) is 18.7 Å². The van der Waals surface area contributed by atoms with E-state index in [-0.39, 0.29) is 0 Å². The van der Waals surface area contributed by atoms with E-state index in [1.807, 2.05) is 6.92 Å². The van der Waals surface area contributed by atoms with Gasteiger partial charge in [-0.15, -0.1) is 5.10 Å². The number of thioether (sulfide) groups is 1. The monoisotopic (exact) mass is 231 g/mol. The fourth-order valence-corrected chi connectivity index (χ4v) is 1.57. The van der Waals surface area contributed by atoms with Gasteiger partial charge >= 0.3 is 0 Å². The van der Waals surface area contributed by atoms with Crippen molar-refractivity contribution in [3.05, 3.63) is 24.0 Å². The Hall–Kier alpha value is -1.04. The topological polar surface area (TPSA) is 38.7 Å². The summed E-state index contributed by atoms with van der Waals surface area (Å²) in [6.07, 6.45) is 1.96. The van der Waals surface area contributed by atoms with Crippen LogP contribution in [0.4, 0.5) is 8.78 Å². The van der Waals surface area contributed by atoms with Crippen LogP contribution >= 0.6 is 11.8 Å². The first kappa shape index (κ1) is 12.0. The number of nitrogens with zero attached hydrogens (tertiary/aromatic N) is 3. The van der Waals surface area contributed by atoms with Gasteiger partial charge in [0.2, 0.25) is 5.16 Å². The van der Waals surface area contributed by atoms with Crippen molar-refractivity contribution in [1.82, 2.24) is 15.2 Å². The summed E-state index contributed by atoms with van der Waals surface area (Å²) in [5, 5.41) is 8.11. The first-order valence-corrected chi connectivity index (χ1v) is 5.53. The number of hydrogen-bond acceptors (Lipinski definition) is 4. The molecule has 0 spiro atoms. The van der Waals surface area contributed by atoms with E-state index in [0.717, 1.165) is 18.2 Å². The lowest BCUT2D eigenvalue weighted by Gasteiger charge is -1.98. The Balaban J connectivity index is 2.40. The summed E-state index contributed by atoms with van der Waals surface area (Å²) in [5.41, 5.74) is 0.861. The van der Waals surface area contributed by atoms with Crippen molar-refractivity contribution in [2.75, 3.05) is 5.75 Å². The van der Waals surface area contributed by atoms with Gasteiger partial charge in [0.05, 0.1) is 11.9 Å². The average molecular weight is 231 g/mol. The fourth-order valence-electron chi connectivity index (χ4n) is 0.869. The summed E-state index contributed by atoms with van der Waals surface area (Å²) >= 11 is 1.33. The molecule has 0 fully saturated rings.